The Labute approximate surface area is 99.0 Å². The molecular formula is C12H12ClFN2. The number of hydrogen-bond acceptors (Lipinski definition) is 2. The molecule has 4 heteroatoms. The maximum absolute atomic E-state index is 13.6. The summed E-state index contributed by atoms with van der Waals surface area (Å²) < 4.78 is 13.6. The van der Waals surface area contributed by atoms with Gasteiger partial charge in [0, 0.05) is 6.04 Å². The van der Waals surface area contributed by atoms with Gasteiger partial charge in [0.2, 0.25) is 0 Å². The summed E-state index contributed by atoms with van der Waals surface area (Å²) in [4.78, 5) is 0. The minimum Gasteiger partial charge on any atom is -0.379 e. The van der Waals surface area contributed by atoms with Crippen molar-refractivity contribution in [1.29, 1.82) is 5.26 Å². The number of benzene rings is 1. The van der Waals surface area contributed by atoms with Gasteiger partial charge >= 0.3 is 0 Å². The molecule has 2 nitrogen and oxygen atoms in total. The zero-order valence-electron chi connectivity index (χ0n) is 8.71. The number of rotatable bonds is 2. The number of nitrogens with one attached hydrogen (secondary N) is 1. The molecule has 2 atom stereocenters. The fraction of sp³-hybridized carbons (Fsp3) is 0.417. The van der Waals surface area contributed by atoms with Crippen LogP contribution in [0.4, 0.5) is 10.1 Å². The fourth-order valence-electron chi connectivity index (χ4n) is 2.10. The Morgan fingerprint density at radius 1 is 1.44 bits per heavy atom. The second-order valence-electron chi connectivity index (χ2n) is 4.02. The number of anilines is 1. The predicted octanol–water partition coefficient (Wildman–Crippen LogP) is 3.58. The zero-order valence-corrected chi connectivity index (χ0v) is 9.47. The zero-order chi connectivity index (χ0) is 11.5. The SMILES string of the molecule is N#CC1CCCC1Nc1cccc(Cl)c1F. The molecule has 2 unspecified atom stereocenters. The van der Waals surface area contributed by atoms with Gasteiger partial charge in [0.25, 0.3) is 0 Å². The molecule has 1 aromatic carbocycles. The maximum Gasteiger partial charge on any atom is 0.164 e. The molecule has 1 aliphatic rings. The van der Waals surface area contributed by atoms with E-state index in [2.05, 4.69) is 11.4 Å². The van der Waals surface area contributed by atoms with Crippen molar-refractivity contribution in [2.45, 2.75) is 25.3 Å². The van der Waals surface area contributed by atoms with E-state index < -0.39 is 5.82 Å². The van der Waals surface area contributed by atoms with E-state index in [1.807, 2.05) is 0 Å². The summed E-state index contributed by atoms with van der Waals surface area (Å²) in [5.74, 6) is -0.467. The molecule has 0 spiro atoms. The van der Waals surface area contributed by atoms with Gasteiger partial charge in [-0.05, 0) is 31.4 Å². The van der Waals surface area contributed by atoms with E-state index in [9.17, 15) is 4.39 Å². The van der Waals surface area contributed by atoms with Crippen molar-refractivity contribution >= 4 is 17.3 Å². The van der Waals surface area contributed by atoms with Gasteiger partial charge in [-0.2, -0.15) is 5.26 Å². The fourth-order valence-corrected chi connectivity index (χ4v) is 2.28. The predicted molar refractivity (Wildman–Crippen MR) is 61.8 cm³/mol. The lowest BCUT2D eigenvalue weighted by Crippen LogP contribution is -2.23. The lowest BCUT2D eigenvalue weighted by Gasteiger charge is -2.17. The van der Waals surface area contributed by atoms with Gasteiger partial charge in [0.15, 0.2) is 5.82 Å². The normalized spacial score (nSPS) is 24.1. The van der Waals surface area contributed by atoms with E-state index in [0.717, 1.165) is 19.3 Å². The van der Waals surface area contributed by atoms with Crippen LogP contribution in [0.5, 0.6) is 0 Å². The first-order chi connectivity index (χ1) is 7.72. The minimum absolute atomic E-state index is 0.0293. The van der Waals surface area contributed by atoms with Crippen molar-refractivity contribution in [3.05, 3.63) is 29.0 Å². The average Bonchev–Trinajstić information content (AvgIpc) is 2.72. The largest absolute Gasteiger partial charge is 0.379 e. The average molecular weight is 239 g/mol. The molecule has 0 saturated heterocycles. The lowest BCUT2D eigenvalue weighted by molar-refractivity contribution is 0.603. The summed E-state index contributed by atoms with van der Waals surface area (Å²) in [5, 5.41) is 12.1. The molecule has 2 rings (SSSR count). The van der Waals surface area contributed by atoms with Crippen LogP contribution in [-0.2, 0) is 0 Å². The Bertz CT molecular complexity index is 428. The van der Waals surface area contributed by atoms with Crippen molar-refractivity contribution in [1.82, 2.24) is 0 Å². The van der Waals surface area contributed by atoms with Crippen molar-refractivity contribution in [3.63, 3.8) is 0 Å². The summed E-state index contributed by atoms with van der Waals surface area (Å²) in [6, 6.07) is 7.15. The topological polar surface area (TPSA) is 35.8 Å². The summed E-state index contributed by atoms with van der Waals surface area (Å²) in [7, 11) is 0. The first-order valence-electron chi connectivity index (χ1n) is 5.32. The van der Waals surface area contributed by atoms with Crippen LogP contribution in [0.15, 0.2) is 18.2 Å². The quantitative estimate of drug-likeness (QED) is 0.855. The molecular weight excluding hydrogens is 227 g/mol. The van der Waals surface area contributed by atoms with Crippen LogP contribution in [0, 0.1) is 23.1 Å². The molecule has 1 N–H and O–H groups in total. The minimum atomic E-state index is -0.437. The summed E-state index contributed by atoms with van der Waals surface area (Å²) in [6.07, 6.45) is 2.80. The Morgan fingerprint density at radius 2 is 2.25 bits per heavy atom. The molecule has 0 heterocycles. The van der Waals surface area contributed by atoms with Gasteiger partial charge in [-0.1, -0.05) is 17.7 Å². The van der Waals surface area contributed by atoms with Gasteiger partial charge in [-0.3, -0.25) is 0 Å². The Hall–Kier alpha value is -1.27. The third-order valence-corrected chi connectivity index (χ3v) is 3.27. The van der Waals surface area contributed by atoms with Gasteiger partial charge in [-0.15, -0.1) is 0 Å². The second-order valence-corrected chi connectivity index (χ2v) is 4.43. The highest BCUT2D eigenvalue weighted by atomic mass is 35.5. The van der Waals surface area contributed by atoms with E-state index in [4.69, 9.17) is 16.9 Å². The van der Waals surface area contributed by atoms with Crippen LogP contribution in [0.2, 0.25) is 5.02 Å². The molecule has 1 fully saturated rings. The molecule has 1 aromatic rings. The maximum atomic E-state index is 13.6. The van der Waals surface area contributed by atoms with Gasteiger partial charge in [0.1, 0.15) is 0 Å². The third-order valence-electron chi connectivity index (χ3n) is 2.97. The smallest absolute Gasteiger partial charge is 0.164 e. The molecule has 16 heavy (non-hydrogen) atoms. The molecule has 0 aliphatic heterocycles. The van der Waals surface area contributed by atoms with Crippen molar-refractivity contribution in [2.75, 3.05) is 5.32 Å². The van der Waals surface area contributed by atoms with Crippen molar-refractivity contribution in [3.8, 4) is 6.07 Å². The molecule has 1 saturated carbocycles. The van der Waals surface area contributed by atoms with Crippen molar-refractivity contribution < 1.29 is 4.39 Å². The van der Waals surface area contributed by atoms with Gasteiger partial charge in [0.05, 0.1) is 22.7 Å². The summed E-state index contributed by atoms with van der Waals surface area (Å²) in [6.45, 7) is 0. The highest BCUT2D eigenvalue weighted by Crippen LogP contribution is 2.30. The van der Waals surface area contributed by atoms with Crippen LogP contribution in [0.1, 0.15) is 19.3 Å². The Kier molecular flexibility index (Phi) is 3.31. The van der Waals surface area contributed by atoms with Gasteiger partial charge < -0.3 is 5.32 Å². The van der Waals surface area contributed by atoms with Crippen LogP contribution >= 0.6 is 11.6 Å². The van der Waals surface area contributed by atoms with E-state index in [0.29, 0.717) is 5.69 Å². The van der Waals surface area contributed by atoms with Crippen LogP contribution < -0.4 is 5.32 Å². The molecule has 0 bridgehead atoms. The standard InChI is InChI=1S/C12H12ClFN2/c13-9-4-2-6-11(12(9)14)16-10-5-1-3-8(10)7-15/h2,4,6,8,10,16H,1,3,5H2. The number of nitrogens with zero attached hydrogens (tertiary/aromatic N) is 1. The van der Waals surface area contributed by atoms with E-state index in [-0.39, 0.29) is 17.0 Å². The number of hydrogen-bond donors (Lipinski definition) is 1. The molecule has 84 valence electrons. The summed E-state index contributed by atoms with van der Waals surface area (Å²) in [5.41, 5.74) is 0.389. The van der Waals surface area contributed by atoms with E-state index in [1.54, 1.807) is 12.1 Å². The van der Waals surface area contributed by atoms with Crippen molar-refractivity contribution in [2.24, 2.45) is 5.92 Å². The number of nitriles is 1. The molecule has 0 amide bonds. The first kappa shape index (κ1) is 11.2. The lowest BCUT2D eigenvalue weighted by atomic mass is 10.1. The molecule has 1 aliphatic carbocycles. The Morgan fingerprint density at radius 3 is 3.00 bits per heavy atom. The third kappa shape index (κ3) is 2.12. The van der Waals surface area contributed by atoms with Crippen LogP contribution in [-0.4, -0.2) is 6.04 Å². The molecule has 0 aromatic heterocycles. The number of halogens is 2. The first-order valence-corrected chi connectivity index (χ1v) is 5.70. The van der Waals surface area contributed by atoms with E-state index in [1.165, 1.54) is 6.07 Å². The molecule has 0 radical (unpaired) electrons. The monoisotopic (exact) mass is 238 g/mol. The second kappa shape index (κ2) is 4.71. The highest BCUT2D eigenvalue weighted by Gasteiger charge is 2.27. The van der Waals surface area contributed by atoms with Crippen LogP contribution in [0.25, 0.3) is 0 Å². The Balaban J connectivity index is 2.15. The highest BCUT2D eigenvalue weighted by molar-refractivity contribution is 6.31. The van der Waals surface area contributed by atoms with Crippen LogP contribution in [0.3, 0.4) is 0 Å². The summed E-state index contributed by atoms with van der Waals surface area (Å²) >= 11 is 5.69. The van der Waals surface area contributed by atoms with Gasteiger partial charge in [-0.25, -0.2) is 4.39 Å². The van der Waals surface area contributed by atoms with E-state index >= 15 is 0 Å².